The van der Waals surface area contributed by atoms with Crippen molar-refractivity contribution in [3.8, 4) is 0 Å². The number of aromatic nitrogens is 2. The minimum Gasteiger partial charge on any atom is -0.325 e. The lowest BCUT2D eigenvalue weighted by atomic mass is 10.2. The smallest absolute Gasteiger partial charge is 0.324 e. The van der Waals surface area contributed by atoms with Crippen molar-refractivity contribution in [3.63, 3.8) is 0 Å². The van der Waals surface area contributed by atoms with Gasteiger partial charge in [-0.25, -0.2) is 13.8 Å². The van der Waals surface area contributed by atoms with Crippen LogP contribution in [-0.4, -0.2) is 28.4 Å². The maximum absolute atomic E-state index is 13.3. The van der Waals surface area contributed by atoms with Gasteiger partial charge in [-0.15, -0.1) is 0 Å². The van der Waals surface area contributed by atoms with Crippen LogP contribution in [0.25, 0.3) is 0 Å². The highest BCUT2D eigenvalue weighted by Crippen LogP contribution is 2.28. The van der Waals surface area contributed by atoms with E-state index in [1.54, 1.807) is 0 Å². The molecule has 0 saturated carbocycles. The van der Waals surface area contributed by atoms with E-state index in [2.05, 4.69) is 10.3 Å². The minimum absolute atomic E-state index is 0.483. The number of hydrogen-bond donors (Lipinski definition) is 1. The number of alkyl halides is 4. The van der Waals surface area contributed by atoms with Crippen molar-refractivity contribution in [3.05, 3.63) is 17.2 Å². The lowest BCUT2D eigenvalue weighted by Crippen LogP contribution is -2.34. The van der Waals surface area contributed by atoms with E-state index in [-0.39, 0.29) is 0 Å². The van der Waals surface area contributed by atoms with E-state index in [1.165, 1.54) is 4.57 Å². The quantitative estimate of drug-likeness (QED) is 0.839. The number of rotatable bonds is 5. The molecule has 19 heavy (non-hydrogen) atoms. The molecular formula is C12H17F4N3. The first kappa shape index (κ1) is 14.3. The van der Waals surface area contributed by atoms with Crippen LogP contribution in [0.15, 0.2) is 0 Å². The zero-order valence-corrected chi connectivity index (χ0v) is 10.7. The first-order chi connectivity index (χ1) is 8.95. The third-order valence-electron chi connectivity index (χ3n) is 3.23. The average molecular weight is 279 g/mol. The van der Waals surface area contributed by atoms with Crippen LogP contribution in [0.4, 0.5) is 17.6 Å². The van der Waals surface area contributed by atoms with E-state index in [4.69, 9.17) is 0 Å². The maximum Gasteiger partial charge on any atom is 0.324 e. The van der Waals surface area contributed by atoms with Crippen molar-refractivity contribution in [2.75, 3.05) is 6.54 Å². The maximum atomic E-state index is 13.3. The molecule has 1 aliphatic heterocycles. The first-order valence-electron chi connectivity index (χ1n) is 6.39. The zero-order valence-electron chi connectivity index (χ0n) is 10.7. The van der Waals surface area contributed by atoms with Crippen LogP contribution in [0.1, 0.15) is 30.6 Å². The summed E-state index contributed by atoms with van der Waals surface area (Å²) in [5.74, 6) is -3.53. The molecular weight excluding hydrogens is 262 g/mol. The van der Waals surface area contributed by atoms with Crippen molar-refractivity contribution in [1.82, 2.24) is 14.9 Å². The Labute approximate surface area is 109 Å². The summed E-state index contributed by atoms with van der Waals surface area (Å²) in [6.45, 7) is 2.09. The Morgan fingerprint density at radius 2 is 2.16 bits per heavy atom. The van der Waals surface area contributed by atoms with E-state index in [0.29, 0.717) is 43.1 Å². The molecule has 108 valence electrons. The van der Waals surface area contributed by atoms with E-state index in [1.807, 2.05) is 6.92 Å². The van der Waals surface area contributed by atoms with Gasteiger partial charge < -0.3 is 9.88 Å². The summed E-state index contributed by atoms with van der Waals surface area (Å²) in [7, 11) is 0. The fourth-order valence-electron chi connectivity index (χ4n) is 2.31. The summed E-state index contributed by atoms with van der Waals surface area (Å²) in [5.41, 5.74) is 1.38. The largest absolute Gasteiger partial charge is 0.325 e. The highest BCUT2D eigenvalue weighted by Gasteiger charge is 2.42. The Kier molecular flexibility index (Phi) is 4.13. The van der Waals surface area contributed by atoms with Gasteiger partial charge in [0, 0.05) is 31.6 Å². The number of nitrogens with zero attached hydrogens (tertiary/aromatic N) is 2. The lowest BCUT2D eigenvalue weighted by molar-refractivity contribution is -0.138. The second-order valence-corrected chi connectivity index (χ2v) is 4.75. The van der Waals surface area contributed by atoms with Crippen molar-refractivity contribution in [1.29, 1.82) is 0 Å². The molecule has 0 unspecified atom stereocenters. The molecule has 0 saturated heterocycles. The number of hydrogen-bond acceptors (Lipinski definition) is 2. The molecule has 0 aliphatic carbocycles. The van der Waals surface area contributed by atoms with E-state index >= 15 is 0 Å². The van der Waals surface area contributed by atoms with Crippen molar-refractivity contribution < 1.29 is 17.6 Å². The Balaban J connectivity index is 2.34. The molecule has 0 aromatic carbocycles. The topological polar surface area (TPSA) is 29.9 Å². The zero-order chi connectivity index (χ0) is 14.0. The minimum atomic E-state index is -4.01. The van der Waals surface area contributed by atoms with E-state index < -0.39 is 18.9 Å². The van der Waals surface area contributed by atoms with Gasteiger partial charge >= 0.3 is 12.3 Å². The van der Waals surface area contributed by atoms with Crippen molar-refractivity contribution in [2.45, 2.75) is 51.6 Å². The first-order valence-corrected chi connectivity index (χ1v) is 6.39. The number of halogens is 4. The van der Waals surface area contributed by atoms with Crippen LogP contribution in [-0.2, 0) is 25.9 Å². The van der Waals surface area contributed by atoms with Crippen LogP contribution >= 0.6 is 0 Å². The van der Waals surface area contributed by atoms with E-state index in [9.17, 15) is 17.6 Å². The van der Waals surface area contributed by atoms with Crippen molar-refractivity contribution in [2.24, 2.45) is 0 Å². The van der Waals surface area contributed by atoms with Gasteiger partial charge in [-0.2, -0.15) is 8.78 Å². The number of fused-ring (bicyclic) bond motifs is 1. The highest BCUT2D eigenvalue weighted by molar-refractivity contribution is 5.21. The molecule has 0 bridgehead atoms. The average Bonchev–Trinajstić information content (AvgIpc) is 2.68. The molecule has 7 heteroatoms. The summed E-state index contributed by atoms with van der Waals surface area (Å²) in [6, 6.07) is 0. The second kappa shape index (κ2) is 5.48. The molecule has 0 fully saturated rings. The molecule has 3 nitrogen and oxygen atoms in total. The van der Waals surface area contributed by atoms with Gasteiger partial charge in [-0.3, -0.25) is 0 Å². The van der Waals surface area contributed by atoms with Crippen molar-refractivity contribution >= 4 is 0 Å². The van der Waals surface area contributed by atoms with Crippen LogP contribution in [0.5, 0.6) is 0 Å². The third kappa shape index (κ3) is 2.91. The Hall–Kier alpha value is -1.11. The van der Waals surface area contributed by atoms with Gasteiger partial charge in [0.1, 0.15) is 5.82 Å². The standard InChI is InChI=1S/C12H17F4N3/c1-2-3-10-18-8-6-17-5-4-9(8)19(10)7-12(15,16)11(13)14/h11,17H,2-7H2,1H3. The molecule has 1 aromatic heterocycles. The predicted octanol–water partition coefficient (Wildman–Crippen LogP) is 2.38. The number of nitrogens with one attached hydrogen (secondary N) is 1. The van der Waals surface area contributed by atoms with Gasteiger partial charge in [0.25, 0.3) is 0 Å². The van der Waals surface area contributed by atoms with Crippen LogP contribution in [0.3, 0.4) is 0 Å². The summed E-state index contributed by atoms with van der Waals surface area (Å²) in [4.78, 5) is 4.31. The summed E-state index contributed by atoms with van der Waals surface area (Å²) in [5, 5.41) is 3.10. The summed E-state index contributed by atoms with van der Waals surface area (Å²) in [6.07, 6.45) is -1.84. The second-order valence-electron chi connectivity index (χ2n) is 4.75. The molecule has 0 amide bonds. The summed E-state index contributed by atoms with van der Waals surface area (Å²) >= 11 is 0. The summed E-state index contributed by atoms with van der Waals surface area (Å²) < 4.78 is 52.6. The molecule has 1 aromatic rings. The third-order valence-corrected chi connectivity index (χ3v) is 3.23. The Morgan fingerprint density at radius 3 is 2.79 bits per heavy atom. The predicted molar refractivity (Wildman–Crippen MR) is 62.6 cm³/mol. The van der Waals surface area contributed by atoms with Gasteiger partial charge in [0.2, 0.25) is 0 Å². The monoisotopic (exact) mass is 279 g/mol. The number of imidazole rings is 1. The Bertz CT molecular complexity index is 442. The number of aryl methyl sites for hydroxylation is 1. The molecule has 2 rings (SSSR count). The fraction of sp³-hybridized carbons (Fsp3) is 0.750. The fourth-order valence-corrected chi connectivity index (χ4v) is 2.31. The van der Waals surface area contributed by atoms with Gasteiger partial charge in [0.15, 0.2) is 0 Å². The van der Waals surface area contributed by atoms with Crippen LogP contribution in [0.2, 0.25) is 0 Å². The molecule has 2 heterocycles. The van der Waals surface area contributed by atoms with E-state index in [0.717, 1.165) is 6.42 Å². The lowest BCUT2D eigenvalue weighted by Gasteiger charge is -2.21. The van der Waals surface area contributed by atoms with Crippen LogP contribution in [0, 0.1) is 0 Å². The molecule has 1 N–H and O–H groups in total. The Morgan fingerprint density at radius 1 is 1.42 bits per heavy atom. The molecule has 0 radical (unpaired) electrons. The van der Waals surface area contributed by atoms with Gasteiger partial charge in [-0.05, 0) is 6.42 Å². The normalized spacial score (nSPS) is 15.9. The van der Waals surface area contributed by atoms with Gasteiger partial charge in [-0.1, -0.05) is 6.92 Å². The highest BCUT2D eigenvalue weighted by atomic mass is 19.3. The van der Waals surface area contributed by atoms with Gasteiger partial charge in [0.05, 0.1) is 12.2 Å². The molecule has 0 spiro atoms. The SMILES string of the molecule is CCCc1nc2c(n1CC(F)(F)C(F)F)CCNC2. The molecule has 1 aliphatic rings. The van der Waals surface area contributed by atoms with Crippen LogP contribution < -0.4 is 5.32 Å². The molecule has 0 atom stereocenters.